The van der Waals surface area contributed by atoms with Crippen molar-refractivity contribution in [1.82, 2.24) is 0 Å². The molecule has 2 rings (SSSR count). The summed E-state index contributed by atoms with van der Waals surface area (Å²) in [5.41, 5.74) is 4.69. The van der Waals surface area contributed by atoms with Crippen molar-refractivity contribution < 1.29 is 0 Å². The van der Waals surface area contributed by atoms with Crippen molar-refractivity contribution in [3.8, 4) is 0 Å². The van der Waals surface area contributed by atoms with Crippen molar-refractivity contribution in [2.45, 2.75) is 65.7 Å². The Kier molecular flexibility index (Phi) is 6.66. The quantitative estimate of drug-likeness (QED) is 0.502. The third-order valence-corrected chi connectivity index (χ3v) is 6.21. The van der Waals surface area contributed by atoms with Crippen LogP contribution < -0.4 is 5.30 Å². The Hall–Kier alpha value is -0.870. The van der Waals surface area contributed by atoms with Crippen molar-refractivity contribution >= 4 is 13.9 Å². The molecule has 1 aliphatic rings. The first kappa shape index (κ1) is 18.5. The Labute approximate surface area is 145 Å². The zero-order chi connectivity index (χ0) is 17.0. The predicted molar refractivity (Wildman–Crippen MR) is 108 cm³/mol. The highest BCUT2D eigenvalue weighted by Crippen LogP contribution is 2.32. The second kappa shape index (κ2) is 8.29. The lowest BCUT2D eigenvalue weighted by molar-refractivity contribution is 0.791. The normalized spacial score (nSPS) is 15.3. The summed E-state index contributed by atoms with van der Waals surface area (Å²) < 4.78 is 0. The smallest absolute Gasteiger partial charge is 0.00439 e. The molecule has 0 radical (unpaired) electrons. The first-order chi connectivity index (χ1) is 10.9. The van der Waals surface area contributed by atoms with Gasteiger partial charge in [-0.15, -0.1) is 0 Å². The summed E-state index contributed by atoms with van der Waals surface area (Å²) in [7, 11) is 0.936. The molecule has 0 saturated heterocycles. The Balaban J connectivity index is 2.26. The lowest BCUT2D eigenvalue weighted by Crippen LogP contribution is -2.16. The highest BCUT2D eigenvalue weighted by Gasteiger charge is 2.17. The molecule has 23 heavy (non-hydrogen) atoms. The van der Waals surface area contributed by atoms with Gasteiger partial charge >= 0.3 is 0 Å². The van der Waals surface area contributed by atoms with E-state index in [1.54, 1.807) is 16.4 Å². The maximum Gasteiger partial charge on any atom is -0.00439 e. The molecule has 1 aliphatic carbocycles. The Bertz CT molecular complexity index is 535. The molecule has 1 aromatic rings. The summed E-state index contributed by atoms with van der Waals surface area (Å²) in [6.45, 7) is 14.0. The standard InChI is InChI=1S/C22H33P/c1-15(2)19-13-20(16(3)4)22(21(14-19)17(5)6)23-12-11-18-9-7-8-10-18/h7-10,13-18,23H,11-12H2,1-6H3. The summed E-state index contributed by atoms with van der Waals surface area (Å²) in [6, 6.07) is 4.97. The number of rotatable bonds is 7. The van der Waals surface area contributed by atoms with Crippen LogP contribution in [0.5, 0.6) is 0 Å². The molecule has 0 N–H and O–H groups in total. The van der Waals surface area contributed by atoms with Gasteiger partial charge in [-0.3, -0.25) is 0 Å². The molecule has 0 aliphatic heterocycles. The van der Waals surface area contributed by atoms with Gasteiger partial charge in [-0.25, -0.2) is 0 Å². The molecule has 0 amide bonds. The molecule has 0 nitrogen and oxygen atoms in total. The third-order valence-electron chi connectivity index (χ3n) is 4.74. The lowest BCUT2D eigenvalue weighted by atomic mass is 9.89. The van der Waals surface area contributed by atoms with Crippen LogP contribution in [0, 0.1) is 5.92 Å². The van der Waals surface area contributed by atoms with Crippen LogP contribution in [-0.2, 0) is 0 Å². The first-order valence-electron chi connectivity index (χ1n) is 9.16. The monoisotopic (exact) mass is 328 g/mol. The van der Waals surface area contributed by atoms with Crippen molar-refractivity contribution in [1.29, 1.82) is 0 Å². The van der Waals surface area contributed by atoms with Crippen LogP contribution in [0.2, 0.25) is 0 Å². The van der Waals surface area contributed by atoms with Crippen molar-refractivity contribution in [3.63, 3.8) is 0 Å². The fourth-order valence-electron chi connectivity index (χ4n) is 3.19. The molecular weight excluding hydrogens is 295 g/mol. The fourth-order valence-corrected chi connectivity index (χ4v) is 5.05. The molecular formula is C22H33P. The van der Waals surface area contributed by atoms with Crippen LogP contribution in [0.1, 0.15) is 82.4 Å². The second-order valence-corrected chi connectivity index (χ2v) is 9.04. The highest BCUT2D eigenvalue weighted by atomic mass is 31.1. The second-order valence-electron chi connectivity index (χ2n) is 7.69. The van der Waals surface area contributed by atoms with E-state index in [0.29, 0.717) is 23.7 Å². The summed E-state index contributed by atoms with van der Waals surface area (Å²) >= 11 is 0. The Morgan fingerprint density at radius 2 is 1.35 bits per heavy atom. The average Bonchev–Trinajstić information content (AvgIpc) is 2.99. The van der Waals surface area contributed by atoms with E-state index in [1.165, 1.54) is 18.1 Å². The van der Waals surface area contributed by atoms with Gasteiger partial charge in [-0.2, -0.15) is 0 Å². The van der Waals surface area contributed by atoms with Gasteiger partial charge in [0, 0.05) is 0 Å². The lowest BCUT2D eigenvalue weighted by Gasteiger charge is -2.23. The van der Waals surface area contributed by atoms with Gasteiger partial charge in [0.25, 0.3) is 0 Å². The maximum absolute atomic E-state index is 2.49. The predicted octanol–water partition coefficient (Wildman–Crippen LogP) is 6.49. The number of allylic oxidation sites excluding steroid dienone is 4. The topological polar surface area (TPSA) is 0 Å². The van der Waals surface area contributed by atoms with Gasteiger partial charge in [0.1, 0.15) is 0 Å². The van der Waals surface area contributed by atoms with E-state index in [9.17, 15) is 0 Å². The molecule has 1 atom stereocenters. The molecule has 0 saturated carbocycles. The molecule has 0 fully saturated rings. The molecule has 1 aromatic carbocycles. The molecule has 0 spiro atoms. The van der Waals surface area contributed by atoms with Crippen LogP contribution in [-0.4, -0.2) is 6.16 Å². The minimum atomic E-state index is 0.608. The minimum absolute atomic E-state index is 0.608. The number of benzene rings is 1. The first-order valence-corrected chi connectivity index (χ1v) is 10.4. The maximum atomic E-state index is 2.49. The van der Waals surface area contributed by atoms with Gasteiger partial charge in [0.05, 0.1) is 0 Å². The van der Waals surface area contributed by atoms with E-state index in [0.717, 1.165) is 8.58 Å². The van der Waals surface area contributed by atoms with Crippen molar-refractivity contribution in [2.24, 2.45) is 5.92 Å². The summed E-state index contributed by atoms with van der Waals surface area (Å²) in [6.07, 6.45) is 11.6. The van der Waals surface area contributed by atoms with Crippen LogP contribution in [0.3, 0.4) is 0 Å². The zero-order valence-corrected chi connectivity index (χ0v) is 16.7. The number of hydrogen-bond acceptors (Lipinski definition) is 0. The zero-order valence-electron chi connectivity index (χ0n) is 15.7. The average molecular weight is 328 g/mol. The van der Waals surface area contributed by atoms with E-state index in [-0.39, 0.29) is 0 Å². The fraction of sp³-hybridized carbons (Fsp3) is 0.545. The van der Waals surface area contributed by atoms with E-state index < -0.39 is 0 Å². The summed E-state index contributed by atoms with van der Waals surface area (Å²) in [4.78, 5) is 0. The van der Waals surface area contributed by atoms with Crippen LogP contribution in [0.15, 0.2) is 36.4 Å². The minimum Gasteiger partial charge on any atom is -0.0897 e. The van der Waals surface area contributed by atoms with Gasteiger partial charge in [-0.05, 0) is 58.2 Å². The third kappa shape index (κ3) is 4.80. The molecule has 1 heteroatoms. The van der Waals surface area contributed by atoms with E-state index in [2.05, 4.69) is 78.0 Å². The van der Waals surface area contributed by atoms with Crippen molar-refractivity contribution in [3.05, 3.63) is 53.1 Å². The van der Waals surface area contributed by atoms with Crippen LogP contribution >= 0.6 is 8.58 Å². The van der Waals surface area contributed by atoms with E-state index in [4.69, 9.17) is 0 Å². The molecule has 0 aromatic heterocycles. The molecule has 0 bridgehead atoms. The van der Waals surface area contributed by atoms with Gasteiger partial charge < -0.3 is 0 Å². The summed E-state index contributed by atoms with van der Waals surface area (Å²) in [5, 5.41) is 1.66. The molecule has 1 unspecified atom stereocenters. The van der Waals surface area contributed by atoms with Crippen molar-refractivity contribution in [2.75, 3.05) is 6.16 Å². The molecule has 126 valence electrons. The SMILES string of the molecule is CC(C)c1cc(C(C)C)c(PCCC2C=CC=C2)c(C(C)C)c1. The Morgan fingerprint density at radius 1 is 0.826 bits per heavy atom. The van der Waals surface area contributed by atoms with Crippen LogP contribution in [0.25, 0.3) is 0 Å². The summed E-state index contributed by atoms with van der Waals surface area (Å²) in [5.74, 6) is 2.50. The largest absolute Gasteiger partial charge is 0.0897 e. The van der Waals surface area contributed by atoms with Crippen LogP contribution in [0.4, 0.5) is 0 Å². The van der Waals surface area contributed by atoms with Gasteiger partial charge in [-0.1, -0.05) is 86.6 Å². The van der Waals surface area contributed by atoms with E-state index >= 15 is 0 Å². The number of hydrogen-bond donors (Lipinski definition) is 0. The van der Waals surface area contributed by atoms with Gasteiger partial charge in [0.15, 0.2) is 0 Å². The highest BCUT2D eigenvalue weighted by molar-refractivity contribution is 7.47. The Morgan fingerprint density at radius 3 is 1.78 bits per heavy atom. The van der Waals surface area contributed by atoms with E-state index in [1.807, 2.05) is 0 Å². The molecule has 0 heterocycles. The van der Waals surface area contributed by atoms with Gasteiger partial charge in [0.2, 0.25) is 0 Å².